The Kier molecular flexibility index (Phi) is 13.5. The first-order valence-electron chi connectivity index (χ1n) is 26.9. The number of hydrogen-bond acceptors (Lipinski definition) is 14. The van der Waals surface area contributed by atoms with Gasteiger partial charge in [0.15, 0.2) is 6.61 Å². The van der Waals surface area contributed by atoms with Crippen LogP contribution in [0, 0.1) is 80.8 Å². The van der Waals surface area contributed by atoms with Gasteiger partial charge in [-0.2, -0.15) is 17.2 Å². The lowest BCUT2D eigenvalue weighted by atomic mass is 9.49. The molecule has 10 unspecified atom stereocenters. The lowest BCUT2D eigenvalue weighted by molar-refractivity contribution is -0.228. The maximum Gasteiger partial charge on any atom is 0.403 e. The zero-order valence-electron chi connectivity index (χ0n) is 43.3. The lowest BCUT2D eigenvalue weighted by Gasteiger charge is -2.60. The number of halogens is 2. The summed E-state index contributed by atoms with van der Waals surface area (Å²) in [6.45, 7) is 10.4. The molecule has 17 heteroatoms. The van der Waals surface area contributed by atoms with Gasteiger partial charge in [0.05, 0.1) is 41.0 Å². The molecule has 1 heterocycles. The topological polar surface area (TPSA) is 195 Å². The van der Waals surface area contributed by atoms with Crippen molar-refractivity contribution in [2.45, 2.75) is 205 Å². The van der Waals surface area contributed by atoms with Gasteiger partial charge < -0.3 is 28.8 Å². The van der Waals surface area contributed by atoms with Crippen molar-refractivity contribution in [1.29, 1.82) is 0 Å². The number of esters is 5. The molecule has 11 aliphatic rings. The number of hydrogen-bond donors (Lipinski definition) is 1. The number of cyclic esters (lactones) is 1. The van der Waals surface area contributed by atoms with Crippen molar-refractivity contribution in [1.82, 2.24) is 0 Å². The molecule has 0 aromatic rings. The summed E-state index contributed by atoms with van der Waals surface area (Å²) in [5.41, 5.74) is -9.48. The maximum absolute atomic E-state index is 15.8. The zero-order valence-corrected chi connectivity index (χ0v) is 44.1. The predicted molar refractivity (Wildman–Crippen MR) is 252 cm³/mol. The van der Waals surface area contributed by atoms with Crippen LogP contribution in [0.15, 0.2) is 0 Å². The number of rotatable bonds is 20. The highest BCUT2D eigenvalue weighted by Gasteiger charge is 2.64. The van der Waals surface area contributed by atoms with Gasteiger partial charge in [0, 0.05) is 12.8 Å². The van der Waals surface area contributed by atoms with Gasteiger partial charge in [-0.25, -0.2) is 4.79 Å². The molecule has 1 N–H and O–H groups in total. The normalized spacial score (nSPS) is 40.4. The fraction of sp³-hybridized carbons (Fsp3) is 0.907. The van der Waals surface area contributed by atoms with Gasteiger partial charge in [0.25, 0.3) is 0 Å². The molecule has 10 atom stereocenters. The molecule has 1 aliphatic heterocycles. The second kappa shape index (κ2) is 18.1. The predicted octanol–water partition coefficient (Wildman–Crippen LogP) is 9.02. The Morgan fingerprint density at radius 3 is 1.83 bits per heavy atom. The van der Waals surface area contributed by atoms with Gasteiger partial charge in [0.2, 0.25) is 6.10 Å². The first-order valence-corrected chi connectivity index (χ1v) is 28.3. The van der Waals surface area contributed by atoms with Crippen LogP contribution in [-0.2, 0) is 62.0 Å². The number of carbonyl (C=O) groups is 5. The molecular weight excluding hydrogens is 943 g/mol. The summed E-state index contributed by atoms with van der Waals surface area (Å²) in [5.74, 6) is -0.762. The highest BCUT2D eigenvalue weighted by atomic mass is 32.2. The molecule has 10 aliphatic carbocycles. The van der Waals surface area contributed by atoms with Crippen molar-refractivity contribution >= 4 is 40.0 Å². The quantitative estimate of drug-likeness (QED) is 0.0689. The summed E-state index contributed by atoms with van der Waals surface area (Å²) in [7, 11) is -4.88. The summed E-state index contributed by atoms with van der Waals surface area (Å²) in [5, 5.41) is 7.13. The highest BCUT2D eigenvalue weighted by Crippen LogP contribution is 2.64. The summed E-state index contributed by atoms with van der Waals surface area (Å²) in [6, 6.07) is 0. The van der Waals surface area contributed by atoms with E-state index in [2.05, 4.69) is 18.0 Å². The van der Waals surface area contributed by atoms with Gasteiger partial charge in [-0.15, -0.1) is 0 Å². The maximum atomic E-state index is 15.8. The Balaban J connectivity index is 1.10. The van der Waals surface area contributed by atoms with Crippen molar-refractivity contribution < 1.29 is 74.1 Å². The summed E-state index contributed by atoms with van der Waals surface area (Å²) < 4.78 is 88.1. The van der Waals surface area contributed by atoms with E-state index in [0.717, 1.165) is 51.4 Å². The summed E-state index contributed by atoms with van der Waals surface area (Å²) in [6.07, 6.45) is 10.7. The summed E-state index contributed by atoms with van der Waals surface area (Å²) in [4.78, 5) is 73.7. The van der Waals surface area contributed by atoms with E-state index >= 15 is 14.4 Å². The van der Waals surface area contributed by atoms with Gasteiger partial charge in [0.1, 0.15) is 11.2 Å². The number of fused-ring (bicyclic) bond motifs is 2. The van der Waals surface area contributed by atoms with Gasteiger partial charge in [-0.1, -0.05) is 13.8 Å². The SMILES string of the molecule is CCC1(OC(=O)C(C)(CC2C3CCC(C3)C2C)CC(C)(CC(C)(CC(C)(C)C(=O)OCC(F)(F)S(=O)(=O)OC)C(=O)OC23CC4CC(CC(O)(C4)C2)C3)C(=O)OC2CCOC2=O)C2CC3CC(C2)CC1C3. The molecule has 10 bridgehead atoms. The molecule has 10 saturated carbocycles. The third-order valence-corrected chi connectivity index (χ3v) is 21.7. The lowest BCUT2D eigenvalue weighted by Crippen LogP contribution is -2.61. The van der Waals surface area contributed by atoms with E-state index in [1.165, 1.54) is 20.3 Å². The Bertz CT molecular complexity index is 2200. The monoisotopic (exact) mass is 1020 g/mol. The van der Waals surface area contributed by atoms with Gasteiger partial charge >= 0.3 is 45.2 Å². The molecule has 0 aromatic heterocycles. The van der Waals surface area contributed by atoms with Crippen LogP contribution < -0.4 is 0 Å². The van der Waals surface area contributed by atoms with Crippen molar-refractivity contribution in [3.63, 3.8) is 0 Å². The van der Waals surface area contributed by atoms with E-state index in [9.17, 15) is 31.9 Å². The minimum atomic E-state index is -5.45. The largest absolute Gasteiger partial charge is 0.463 e. The molecule has 0 aromatic carbocycles. The molecule has 400 valence electrons. The first-order chi connectivity index (χ1) is 33.0. The average Bonchev–Trinajstić information content (AvgIpc) is 3.99. The van der Waals surface area contributed by atoms with E-state index < -0.39 is 103 Å². The molecule has 71 heavy (non-hydrogen) atoms. The number of ether oxygens (including phenoxy) is 5. The Labute approximate surface area is 418 Å². The third kappa shape index (κ3) is 9.59. The third-order valence-electron chi connectivity index (χ3n) is 20.4. The molecule has 11 rings (SSSR count). The Hall–Kier alpha value is -2.92. The van der Waals surface area contributed by atoms with Crippen LogP contribution in [0.3, 0.4) is 0 Å². The molecule has 0 amide bonds. The molecule has 11 fully saturated rings. The average molecular weight is 1020 g/mol. The van der Waals surface area contributed by atoms with Crippen LogP contribution >= 0.6 is 0 Å². The number of carbonyl (C=O) groups excluding carboxylic acids is 5. The van der Waals surface area contributed by atoms with E-state index in [0.29, 0.717) is 75.2 Å². The van der Waals surface area contributed by atoms with Crippen LogP contribution in [-0.4, -0.2) is 91.9 Å². The zero-order chi connectivity index (χ0) is 51.5. The van der Waals surface area contributed by atoms with Crippen LogP contribution in [0.25, 0.3) is 0 Å². The molecule has 0 spiro atoms. The fourth-order valence-electron chi connectivity index (χ4n) is 18.0. The van der Waals surface area contributed by atoms with Crippen molar-refractivity contribution in [3.8, 4) is 0 Å². The molecule has 14 nitrogen and oxygen atoms in total. The van der Waals surface area contributed by atoms with Gasteiger partial charge in [-0.3, -0.25) is 23.4 Å². The highest BCUT2D eigenvalue weighted by molar-refractivity contribution is 7.87. The van der Waals surface area contributed by atoms with Gasteiger partial charge in [-0.05, 0) is 209 Å². The molecule has 1 saturated heterocycles. The second-order valence-electron chi connectivity index (χ2n) is 26.6. The molecular formula is C54H80F2O14S. The number of aliphatic hydroxyl groups is 1. The smallest absolute Gasteiger partial charge is 0.403 e. The Morgan fingerprint density at radius 2 is 1.30 bits per heavy atom. The second-order valence-corrected chi connectivity index (χ2v) is 28.4. The van der Waals surface area contributed by atoms with E-state index in [4.69, 9.17) is 23.7 Å². The fourth-order valence-corrected chi connectivity index (χ4v) is 18.5. The first kappa shape index (κ1) is 52.9. The van der Waals surface area contributed by atoms with Crippen LogP contribution in [0.1, 0.15) is 177 Å². The Morgan fingerprint density at radius 1 is 0.732 bits per heavy atom. The molecule has 0 radical (unpaired) electrons. The van der Waals surface area contributed by atoms with E-state index in [-0.39, 0.29) is 61.9 Å². The summed E-state index contributed by atoms with van der Waals surface area (Å²) >= 11 is 0. The van der Waals surface area contributed by atoms with Crippen molar-refractivity contribution in [2.24, 2.45) is 80.8 Å². The standard InChI is InChI=1S/C54H80F2O14S/c1-9-53(38-16-32-14-33(18-38)19-39(53)17-32)70-45(60)48(5,25-40-31(2)36-10-11-37(40)20-36)27-50(7,44(59)68-41-12-13-66-42(41)57)28-49(6,26-47(3,4)43(58)67-30-54(55,56)71(63,64)65-8)46(61)69-52-23-34-15-35(24-52)22-51(62,21-34)29-52/h31-41,62H,9-30H2,1-8H3. The van der Waals surface area contributed by atoms with Crippen LogP contribution in [0.5, 0.6) is 0 Å². The van der Waals surface area contributed by atoms with Crippen LogP contribution in [0.4, 0.5) is 8.78 Å². The van der Waals surface area contributed by atoms with Crippen molar-refractivity contribution in [3.05, 3.63) is 0 Å². The van der Waals surface area contributed by atoms with E-state index in [1.54, 1.807) is 13.8 Å². The minimum absolute atomic E-state index is 0.0320. The van der Waals surface area contributed by atoms with Crippen LogP contribution in [0.2, 0.25) is 0 Å². The number of alkyl halides is 2. The minimum Gasteiger partial charge on any atom is -0.463 e. The van der Waals surface area contributed by atoms with Crippen molar-refractivity contribution in [2.75, 3.05) is 20.3 Å². The van der Waals surface area contributed by atoms with E-state index in [1.807, 2.05) is 6.92 Å².